The number of thioether (sulfide) groups is 1. The summed E-state index contributed by atoms with van der Waals surface area (Å²) in [7, 11) is 0. The lowest BCUT2D eigenvalue weighted by molar-refractivity contribution is -0.119. The molecule has 1 heterocycles. The van der Waals surface area contributed by atoms with Gasteiger partial charge < -0.3 is 16.0 Å². The van der Waals surface area contributed by atoms with Crippen LogP contribution in [0, 0.1) is 0 Å². The van der Waals surface area contributed by atoms with Gasteiger partial charge in [0.15, 0.2) is 0 Å². The van der Waals surface area contributed by atoms with Gasteiger partial charge >= 0.3 is 0 Å². The van der Waals surface area contributed by atoms with Gasteiger partial charge in [-0.1, -0.05) is 13.0 Å². The summed E-state index contributed by atoms with van der Waals surface area (Å²) in [6, 6.07) is 6.62. The molecule has 3 N–H and O–H groups in total. The Balaban J connectivity index is 2.17. The van der Waals surface area contributed by atoms with Crippen LogP contribution < -0.4 is 16.0 Å². The van der Waals surface area contributed by atoms with Gasteiger partial charge in [-0.3, -0.25) is 4.79 Å². The molecule has 110 valence electrons. The van der Waals surface area contributed by atoms with Gasteiger partial charge in [-0.25, -0.2) is 0 Å². The summed E-state index contributed by atoms with van der Waals surface area (Å²) in [5, 5.41) is 3.00. The minimum absolute atomic E-state index is 0.0474. The van der Waals surface area contributed by atoms with Crippen LogP contribution in [0.3, 0.4) is 0 Å². The van der Waals surface area contributed by atoms with Crippen molar-refractivity contribution in [3.63, 3.8) is 0 Å². The molecule has 1 aromatic carbocycles. The number of rotatable bonds is 5. The summed E-state index contributed by atoms with van der Waals surface area (Å²) in [6.07, 6.45) is 0.995. The average Bonchev–Trinajstić information content (AvgIpc) is 2.86. The van der Waals surface area contributed by atoms with Crippen LogP contribution in [0.25, 0.3) is 0 Å². The second-order valence-electron chi connectivity index (χ2n) is 5.02. The van der Waals surface area contributed by atoms with Crippen molar-refractivity contribution in [1.29, 1.82) is 0 Å². The van der Waals surface area contributed by atoms with E-state index in [9.17, 15) is 4.79 Å². The van der Waals surface area contributed by atoms with Crippen molar-refractivity contribution in [3.8, 4) is 0 Å². The minimum atomic E-state index is 0.0474. The van der Waals surface area contributed by atoms with Gasteiger partial charge in [-0.05, 0) is 24.3 Å². The third-order valence-corrected chi connectivity index (χ3v) is 4.53. The largest absolute Gasteiger partial charge is 0.369 e. The van der Waals surface area contributed by atoms with Gasteiger partial charge in [0.05, 0.1) is 0 Å². The van der Waals surface area contributed by atoms with E-state index in [1.807, 2.05) is 11.8 Å². The van der Waals surface area contributed by atoms with Crippen LogP contribution in [0.5, 0.6) is 0 Å². The predicted molar refractivity (Wildman–Crippen MR) is 85.2 cm³/mol. The molecule has 1 aliphatic rings. The molecule has 0 radical (unpaired) electrons. The highest BCUT2D eigenvalue weighted by Crippen LogP contribution is 2.32. The number of carbonyl (C=O) groups is 1. The first-order valence-electron chi connectivity index (χ1n) is 7.12. The summed E-state index contributed by atoms with van der Waals surface area (Å²) >= 11 is 1.83. The lowest BCUT2D eigenvalue weighted by Crippen LogP contribution is -2.35. The first-order chi connectivity index (χ1) is 9.65. The number of hydrogen-bond acceptors (Lipinski definition) is 4. The fraction of sp³-hybridized carbons (Fsp3) is 0.533. The summed E-state index contributed by atoms with van der Waals surface area (Å²) in [4.78, 5) is 14.8. The number of hydrogen-bond donors (Lipinski definition) is 2. The van der Waals surface area contributed by atoms with Crippen LogP contribution in [-0.4, -0.2) is 30.8 Å². The first kappa shape index (κ1) is 15.2. The lowest BCUT2D eigenvalue weighted by Gasteiger charge is -2.23. The highest BCUT2D eigenvalue weighted by Gasteiger charge is 2.25. The van der Waals surface area contributed by atoms with E-state index in [1.165, 1.54) is 16.1 Å². The molecule has 0 aliphatic carbocycles. The van der Waals surface area contributed by atoms with E-state index in [1.54, 1.807) is 6.92 Å². The van der Waals surface area contributed by atoms with Crippen molar-refractivity contribution in [1.82, 2.24) is 5.32 Å². The Hall–Kier alpha value is -1.20. The smallest absolute Gasteiger partial charge is 0.217 e. The average molecular weight is 293 g/mol. The van der Waals surface area contributed by atoms with E-state index in [0.717, 1.165) is 25.3 Å². The van der Waals surface area contributed by atoms with Crippen LogP contribution >= 0.6 is 11.8 Å². The fourth-order valence-electron chi connectivity index (χ4n) is 2.73. The summed E-state index contributed by atoms with van der Waals surface area (Å²) < 4.78 is 0. The Bertz CT molecular complexity index is 478. The number of anilines is 1. The number of nitrogens with two attached hydrogens (primary N) is 1. The highest BCUT2D eigenvalue weighted by molar-refractivity contribution is 7.99. The van der Waals surface area contributed by atoms with E-state index in [0.29, 0.717) is 6.54 Å². The fourth-order valence-corrected chi connectivity index (χ4v) is 3.58. The first-order valence-corrected chi connectivity index (χ1v) is 8.11. The Morgan fingerprint density at radius 1 is 1.55 bits per heavy atom. The Morgan fingerprint density at radius 2 is 2.35 bits per heavy atom. The molecule has 1 aromatic rings. The molecule has 1 aliphatic heterocycles. The molecule has 1 saturated heterocycles. The number of nitrogens with one attached hydrogen (secondary N) is 1. The van der Waals surface area contributed by atoms with E-state index in [4.69, 9.17) is 5.73 Å². The standard InChI is InChI=1S/C15H23N3OS/c1-3-20-15-6-4-5-14(13(15)9-16)18-8-7-12(10-18)17-11(2)19/h4-6,12H,3,7-10,16H2,1-2H3,(H,17,19). The van der Waals surface area contributed by atoms with Crippen molar-refractivity contribution >= 4 is 23.4 Å². The van der Waals surface area contributed by atoms with Gasteiger partial charge in [-0.2, -0.15) is 0 Å². The number of nitrogens with zero attached hydrogens (tertiary/aromatic N) is 1. The Kier molecular flexibility index (Phi) is 5.31. The van der Waals surface area contributed by atoms with Gasteiger partial charge in [0.25, 0.3) is 0 Å². The molecular formula is C15H23N3OS. The maximum absolute atomic E-state index is 11.2. The number of carbonyl (C=O) groups excluding carboxylic acids is 1. The normalized spacial score (nSPS) is 18.4. The molecule has 1 atom stereocenters. The van der Waals surface area contributed by atoms with Crippen molar-refractivity contribution in [2.75, 3.05) is 23.7 Å². The molecule has 20 heavy (non-hydrogen) atoms. The van der Waals surface area contributed by atoms with Crippen LogP contribution in [0.15, 0.2) is 23.1 Å². The van der Waals surface area contributed by atoms with Gasteiger partial charge in [0.1, 0.15) is 0 Å². The van der Waals surface area contributed by atoms with E-state index in [-0.39, 0.29) is 11.9 Å². The molecule has 1 fully saturated rings. The highest BCUT2D eigenvalue weighted by atomic mass is 32.2. The Labute approximate surface area is 125 Å². The van der Waals surface area contributed by atoms with Crippen molar-refractivity contribution in [3.05, 3.63) is 23.8 Å². The molecule has 1 unspecified atom stereocenters. The second-order valence-corrected chi connectivity index (χ2v) is 6.33. The van der Waals surface area contributed by atoms with Crippen molar-refractivity contribution in [2.45, 2.75) is 37.8 Å². The number of benzene rings is 1. The van der Waals surface area contributed by atoms with Crippen molar-refractivity contribution in [2.24, 2.45) is 5.73 Å². The molecule has 4 nitrogen and oxygen atoms in total. The molecule has 0 aromatic heterocycles. The van der Waals surface area contributed by atoms with Crippen LogP contribution in [0.1, 0.15) is 25.8 Å². The zero-order chi connectivity index (χ0) is 14.5. The zero-order valence-corrected chi connectivity index (χ0v) is 13.0. The Morgan fingerprint density at radius 3 is 3.00 bits per heavy atom. The molecule has 0 saturated carbocycles. The molecule has 5 heteroatoms. The molecule has 0 bridgehead atoms. The van der Waals surface area contributed by atoms with Gasteiger partial charge in [-0.15, -0.1) is 11.8 Å². The van der Waals surface area contributed by atoms with Gasteiger partial charge in [0.2, 0.25) is 5.91 Å². The minimum Gasteiger partial charge on any atom is -0.369 e. The monoisotopic (exact) mass is 293 g/mol. The van der Waals surface area contributed by atoms with E-state index in [2.05, 4.69) is 35.3 Å². The summed E-state index contributed by atoms with van der Waals surface area (Å²) in [6.45, 7) is 6.12. The quantitative estimate of drug-likeness (QED) is 0.815. The summed E-state index contributed by atoms with van der Waals surface area (Å²) in [5.74, 6) is 1.09. The van der Waals surface area contributed by atoms with Crippen molar-refractivity contribution < 1.29 is 4.79 Å². The maximum atomic E-state index is 11.2. The lowest BCUT2D eigenvalue weighted by atomic mass is 10.1. The van der Waals surface area contributed by atoms with Crippen LogP contribution in [0.4, 0.5) is 5.69 Å². The molecule has 2 rings (SSSR count). The zero-order valence-electron chi connectivity index (χ0n) is 12.2. The van der Waals surface area contributed by atoms with E-state index >= 15 is 0 Å². The summed E-state index contributed by atoms with van der Waals surface area (Å²) in [5.41, 5.74) is 8.40. The predicted octanol–water partition coefficient (Wildman–Crippen LogP) is 1.97. The third-order valence-electron chi connectivity index (χ3n) is 3.55. The second kappa shape index (κ2) is 6.99. The maximum Gasteiger partial charge on any atom is 0.217 e. The third kappa shape index (κ3) is 3.46. The molecule has 0 spiro atoms. The van der Waals surface area contributed by atoms with Gasteiger partial charge in [0, 0.05) is 48.7 Å². The molecular weight excluding hydrogens is 270 g/mol. The van der Waals surface area contributed by atoms with Crippen LogP contribution in [0.2, 0.25) is 0 Å². The van der Waals surface area contributed by atoms with Crippen LogP contribution in [-0.2, 0) is 11.3 Å². The topological polar surface area (TPSA) is 58.4 Å². The van der Waals surface area contributed by atoms with E-state index < -0.39 is 0 Å². The molecule has 1 amide bonds. The SMILES string of the molecule is CCSc1cccc(N2CCC(NC(C)=O)C2)c1CN. The number of amides is 1.